The molecule has 1 N–H and O–H groups in total. The van der Waals surface area contributed by atoms with Gasteiger partial charge in [-0.3, -0.25) is 0 Å². The fourth-order valence-corrected chi connectivity index (χ4v) is 0.567. The third kappa shape index (κ3) is 2.76. The summed E-state index contributed by atoms with van der Waals surface area (Å²) < 4.78 is 0. The second-order valence-corrected chi connectivity index (χ2v) is 1.91. The highest BCUT2D eigenvalue weighted by Gasteiger charge is 1.84. The number of rotatable bonds is 0. The number of hydrogen-bond acceptors (Lipinski definition) is 1. The molecule has 0 aromatic heterocycles. The summed E-state index contributed by atoms with van der Waals surface area (Å²) in [7, 11) is 0. The highest BCUT2D eigenvalue weighted by Crippen LogP contribution is 2.12. The molecule has 0 aliphatic carbocycles. The van der Waals surface area contributed by atoms with Crippen molar-refractivity contribution in [1.29, 1.82) is 0 Å². The molecule has 0 spiro atoms. The third-order valence-electron chi connectivity index (χ3n) is 0.827. The van der Waals surface area contributed by atoms with Crippen LogP contribution < -0.4 is 0 Å². The Labute approximate surface area is 69.4 Å². The fourth-order valence-electron chi connectivity index (χ4n) is 0.441. The van der Waals surface area contributed by atoms with Gasteiger partial charge in [0.15, 0.2) is 17.4 Å². The zero-order valence-corrected chi connectivity index (χ0v) is 4.89. The summed E-state index contributed by atoms with van der Waals surface area (Å²) in [5.41, 5.74) is 0. The van der Waals surface area contributed by atoms with Gasteiger partial charge in [-0.25, -0.2) is 0 Å². The largest absolute Gasteiger partial charge is 0.508 e. The Morgan fingerprint density at radius 1 is 1.11 bits per heavy atom. The highest BCUT2D eigenvalue weighted by atomic mass is 35.5. The molecule has 1 nitrogen and oxygen atoms in total. The monoisotopic (exact) mass is 158 g/mol. The van der Waals surface area contributed by atoms with Crippen LogP contribution in [-0.2, 0) is 0 Å². The predicted molar refractivity (Wildman–Crippen MR) is 43.1 cm³/mol. The van der Waals surface area contributed by atoms with E-state index in [9.17, 15) is 0 Å². The van der Waals surface area contributed by atoms with Crippen molar-refractivity contribution in [2.24, 2.45) is 0 Å². The Kier molecular flexibility index (Phi) is 3.72. The van der Waals surface area contributed by atoms with Crippen molar-refractivity contribution in [3.63, 3.8) is 0 Å². The lowest BCUT2D eigenvalue weighted by atomic mass is 10.3. The molecule has 0 aliphatic heterocycles. The van der Waals surface area contributed by atoms with Crippen LogP contribution in [0.3, 0.4) is 0 Å². The van der Waals surface area contributed by atoms with Crippen LogP contribution in [0.5, 0.6) is 5.75 Å². The minimum absolute atomic E-state index is 0. The van der Waals surface area contributed by atoms with Crippen LogP contribution in [0.2, 0.25) is 5.02 Å². The molecular weight excluding hydrogens is 150 g/mol. The molecule has 0 radical (unpaired) electrons. The molecule has 0 amide bonds. The molecule has 0 heterocycles. The van der Waals surface area contributed by atoms with Gasteiger partial charge in [0.05, 0.1) is 0 Å². The predicted octanol–water partition coefficient (Wildman–Crippen LogP) is 0.862. The molecule has 1 rings (SSSR count). The van der Waals surface area contributed by atoms with E-state index in [1.54, 1.807) is 24.3 Å². The highest BCUT2D eigenvalue weighted by molar-refractivity contribution is 6.30. The Bertz CT molecular complexity index is 152. The molecule has 3 heteroatoms. The van der Waals surface area contributed by atoms with Crippen LogP contribution in [0.4, 0.5) is 0 Å². The van der Waals surface area contributed by atoms with E-state index in [2.05, 4.69) is 0 Å². The Morgan fingerprint density at radius 2 is 1.56 bits per heavy atom. The Morgan fingerprint density at radius 3 is 1.89 bits per heavy atom. The molecule has 0 saturated carbocycles. The van der Waals surface area contributed by atoms with Gasteiger partial charge in [-0.05, 0) is 24.3 Å². The quantitative estimate of drug-likeness (QED) is 0.556. The molecular formula is C6H8AlClO. The van der Waals surface area contributed by atoms with E-state index >= 15 is 0 Å². The van der Waals surface area contributed by atoms with Gasteiger partial charge in [0.1, 0.15) is 5.75 Å². The van der Waals surface area contributed by atoms with E-state index < -0.39 is 0 Å². The molecule has 0 unspecified atom stereocenters. The maximum atomic E-state index is 8.70. The second-order valence-electron chi connectivity index (χ2n) is 1.48. The maximum absolute atomic E-state index is 8.70. The number of phenolic OH excluding ortho intramolecular Hbond substituents is 1. The Hall–Kier alpha value is -0.158. The number of halogens is 1. The summed E-state index contributed by atoms with van der Waals surface area (Å²) in [4.78, 5) is 0. The van der Waals surface area contributed by atoms with Crippen LogP contribution in [0, 0.1) is 0 Å². The van der Waals surface area contributed by atoms with Crippen LogP contribution in [-0.4, -0.2) is 22.5 Å². The summed E-state index contributed by atoms with van der Waals surface area (Å²) in [5, 5.41) is 9.34. The molecule has 9 heavy (non-hydrogen) atoms. The van der Waals surface area contributed by atoms with Crippen molar-refractivity contribution in [1.82, 2.24) is 0 Å². The molecule has 0 saturated heterocycles. The summed E-state index contributed by atoms with van der Waals surface area (Å²) in [6.07, 6.45) is 0. The smallest absolute Gasteiger partial charge is 0.187 e. The Balaban J connectivity index is 0.000000640. The van der Waals surface area contributed by atoms with Gasteiger partial charge in [-0.1, -0.05) is 11.6 Å². The summed E-state index contributed by atoms with van der Waals surface area (Å²) in [6, 6.07) is 6.36. The summed E-state index contributed by atoms with van der Waals surface area (Å²) in [6.45, 7) is 0. The first-order chi connectivity index (χ1) is 3.79. The second kappa shape index (κ2) is 3.79. The lowest BCUT2D eigenvalue weighted by Gasteiger charge is -1.87. The maximum Gasteiger partial charge on any atom is 0.187 e. The van der Waals surface area contributed by atoms with Gasteiger partial charge in [0.25, 0.3) is 0 Å². The van der Waals surface area contributed by atoms with Crippen molar-refractivity contribution < 1.29 is 5.11 Å². The van der Waals surface area contributed by atoms with Gasteiger partial charge >= 0.3 is 0 Å². The van der Waals surface area contributed by atoms with E-state index in [0.717, 1.165) is 0 Å². The topological polar surface area (TPSA) is 20.2 Å². The van der Waals surface area contributed by atoms with Gasteiger partial charge in [0, 0.05) is 5.02 Å². The normalized spacial score (nSPS) is 8.11. The van der Waals surface area contributed by atoms with Gasteiger partial charge in [-0.15, -0.1) is 0 Å². The zero-order valence-electron chi connectivity index (χ0n) is 4.13. The lowest BCUT2D eigenvalue weighted by Crippen LogP contribution is -1.61. The van der Waals surface area contributed by atoms with Crippen molar-refractivity contribution in [2.75, 3.05) is 0 Å². The molecule has 48 valence electrons. The van der Waals surface area contributed by atoms with Crippen LogP contribution >= 0.6 is 11.6 Å². The third-order valence-corrected chi connectivity index (χ3v) is 1.08. The first-order valence-corrected chi connectivity index (χ1v) is 2.61. The molecule has 1 aromatic rings. The minimum Gasteiger partial charge on any atom is -0.508 e. The van der Waals surface area contributed by atoms with E-state index in [1.165, 1.54) is 0 Å². The average molecular weight is 159 g/mol. The van der Waals surface area contributed by atoms with E-state index in [-0.39, 0.29) is 23.1 Å². The number of phenols is 1. The van der Waals surface area contributed by atoms with Crippen molar-refractivity contribution in [2.45, 2.75) is 0 Å². The molecule has 0 aliphatic rings. The number of aromatic hydroxyl groups is 1. The first kappa shape index (κ1) is 8.84. The summed E-state index contributed by atoms with van der Waals surface area (Å²) in [5.74, 6) is 0.245. The fraction of sp³-hybridized carbons (Fsp3) is 0. The van der Waals surface area contributed by atoms with Gasteiger partial charge < -0.3 is 5.11 Å². The molecule has 0 fully saturated rings. The van der Waals surface area contributed by atoms with Crippen LogP contribution in [0.25, 0.3) is 0 Å². The minimum atomic E-state index is 0. The van der Waals surface area contributed by atoms with E-state index in [0.29, 0.717) is 5.02 Å². The summed E-state index contributed by atoms with van der Waals surface area (Å²) >= 11 is 5.50. The average Bonchev–Trinajstić information content (AvgIpc) is 1.77. The lowest BCUT2D eigenvalue weighted by molar-refractivity contribution is 0.475. The van der Waals surface area contributed by atoms with Gasteiger partial charge in [-0.2, -0.15) is 0 Å². The van der Waals surface area contributed by atoms with E-state index in [1.807, 2.05) is 0 Å². The standard InChI is InChI=1S/C6H5ClO.Al.3H/c7-5-1-3-6(8)4-2-5;;;;/h1-4,8H;;;;. The SMILES string of the molecule is Oc1ccc(Cl)cc1.[AlH3]. The molecule has 0 atom stereocenters. The van der Waals surface area contributed by atoms with Crippen molar-refractivity contribution in [3.05, 3.63) is 29.3 Å². The zero-order chi connectivity index (χ0) is 5.98. The molecule has 0 bridgehead atoms. The van der Waals surface area contributed by atoms with Crippen molar-refractivity contribution in [3.8, 4) is 5.75 Å². The molecule has 1 aromatic carbocycles. The number of hydrogen-bond donors (Lipinski definition) is 1. The first-order valence-electron chi connectivity index (χ1n) is 2.23. The van der Waals surface area contributed by atoms with Crippen LogP contribution in [0.15, 0.2) is 24.3 Å². The van der Waals surface area contributed by atoms with Gasteiger partial charge in [0.2, 0.25) is 0 Å². The van der Waals surface area contributed by atoms with Crippen LogP contribution in [0.1, 0.15) is 0 Å². The van der Waals surface area contributed by atoms with E-state index in [4.69, 9.17) is 16.7 Å². The number of benzene rings is 1. The van der Waals surface area contributed by atoms with Crippen molar-refractivity contribution >= 4 is 29.0 Å².